The lowest BCUT2D eigenvalue weighted by Gasteiger charge is -2.11. The molecule has 1 aliphatic rings. The largest absolute Gasteiger partial charge is 0.436 e. The van der Waals surface area contributed by atoms with E-state index in [1.165, 1.54) is 42.6 Å². The van der Waals surface area contributed by atoms with Crippen LogP contribution in [0, 0.1) is 18.6 Å². The molecule has 5 rings (SSSR count). The lowest BCUT2D eigenvalue weighted by atomic mass is 9.99. The smallest absolute Gasteiger partial charge is 0.340 e. The van der Waals surface area contributed by atoms with Crippen molar-refractivity contribution >= 4 is 26.7 Å². The zero-order chi connectivity index (χ0) is 25.4. The Morgan fingerprint density at radius 2 is 1.94 bits per heavy atom. The molecule has 184 valence electrons. The van der Waals surface area contributed by atoms with Gasteiger partial charge in [-0.25, -0.2) is 27.0 Å². The van der Waals surface area contributed by atoms with Crippen molar-refractivity contribution in [3.63, 3.8) is 0 Å². The number of benzene rings is 2. The third-order valence-electron chi connectivity index (χ3n) is 5.83. The summed E-state index contributed by atoms with van der Waals surface area (Å²) in [4.78, 5) is 16.6. The van der Waals surface area contributed by atoms with Crippen molar-refractivity contribution in [1.29, 1.82) is 0 Å². The van der Waals surface area contributed by atoms with Gasteiger partial charge in [0.1, 0.15) is 17.0 Å². The van der Waals surface area contributed by atoms with Gasteiger partial charge in [-0.3, -0.25) is 0 Å². The molecule has 1 aliphatic carbocycles. The summed E-state index contributed by atoms with van der Waals surface area (Å²) in [5.74, 6) is -1.41. The highest BCUT2D eigenvalue weighted by molar-refractivity contribution is 7.90. The maximum Gasteiger partial charge on any atom is 0.340 e. The van der Waals surface area contributed by atoms with E-state index in [4.69, 9.17) is 9.15 Å². The molecular weight excluding hydrogens is 492 g/mol. The Morgan fingerprint density at radius 1 is 1.14 bits per heavy atom. The summed E-state index contributed by atoms with van der Waals surface area (Å²) in [6.45, 7) is 1.71. The number of sulfonamides is 1. The summed E-state index contributed by atoms with van der Waals surface area (Å²) in [6.07, 6.45) is 2.33. The second kappa shape index (κ2) is 9.23. The Morgan fingerprint density at radius 3 is 2.69 bits per heavy atom. The molecule has 11 heteroatoms. The Hall–Kier alpha value is -3.99. The van der Waals surface area contributed by atoms with E-state index in [1.54, 1.807) is 19.1 Å². The molecule has 2 aromatic carbocycles. The number of nitrogens with zero attached hydrogens (tertiary/aromatic N) is 3. The average molecular weight is 512 g/mol. The first-order chi connectivity index (χ1) is 17.2. The number of rotatable bonds is 7. The number of fused-ring (bicyclic) bond motifs is 1. The summed E-state index contributed by atoms with van der Waals surface area (Å²) < 4.78 is 67.1. The minimum atomic E-state index is -3.75. The van der Waals surface area contributed by atoms with Crippen molar-refractivity contribution in [3.05, 3.63) is 93.5 Å². The third-order valence-corrected chi connectivity index (χ3v) is 7.45. The quantitative estimate of drug-likeness (QED) is 0.231. The second-order valence-electron chi connectivity index (χ2n) is 8.37. The van der Waals surface area contributed by atoms with Gasteiger partial charge >= 0.3 is 5.63 Å². The van der Waals surface area contributed by atoms with Crippen LogP contribution >= 0.6 is 0 Å². The predicted octanol–water partition coefficient (Wildman–Crippen LogP) is 5.73. The van der Waals surface area contributed by atoms with Gasteiger partial charge in [0.25, 0.3) is 15.9 Å². The first-order valence-corrected chi connectivity index (χ1v) is 12.5. The van der Waals surface area contributed by atoms with E-state index in [-0.39, 0.29) is 40.4 Å². The van der Waals surface area contributed by atoms with Gasteiger partial charge in [-0.1, -0.05) is 16.7 Å². The summed E-state index contributed by atoms with van der Waals surface area (Å²) in [6, 6.07) is 11.6. The van der Waals surface area contributed by atoms with Gasteiger partial charge in [0.05, 0.1) is 5.25 Å². The summed E-state index contributed by atoms with van der Waals surface area (Å²) in [5.41, 5.74) is 0.232. The van der Waals surface area contributed by atoms with Crippen LogP contribution in [0.2, 0.25) is 0 Å². The minimum Gasteiger partial charge on any atom is -0.436 e. The van der Waals surface area contributed by atoms with Crippen molar-refractivity contribution in [2.24, 2.45) is 9.63 Å². The first kappa shape index (κ1) is 23.7. The standard InChI is InChI=1S/C25H19F2N3O5S/c1-14-18-10-7-16(34-24-20(26)5-3-11-28-24)13-22(18)35-25(31)19(14)12-15-4-2-6-21(23(15)27)29-30-36(32,33)17-8-9-17/h2-7,10-11,13,17H,8-9,12H2,1H3. The van der Waals surface area contributed by atoms with Gasteiger partial charge in [0, 0.05) is 29.6 Å². The Bertz CT molecular complexity index is 1680. The molecule has 2 heterocycles. The van der Waals surface area contributed by atoms with E-state index >= 15 is 4.39 Å². The third kappa shape index (κ3) is 4.74. The molecule has 1 saturated carbocycles. The predicted molar refractivity (Wildman–Crippen MR) is 127 cm³/mol. The zero-order valence-corrected chi connectivity index (χ0v) is 19.8. The van der Waals surface area contributed by atoms with Crippen LogP contribution in [0.3, 0.4) is 0 Å². The van der Waals surface area contributed by atoms with Crippen molar-refractivity contribution in [2.45, 2.75) is 31.4 Å². The van der Waals surface area contributed by atoms with Crippen LogP contribution in [0.4, 0.5) is 14.5 Å². The van der Waals surface area contributed by atoms with Gasteiger partial charge < -0.3 is 9.15 Å². The summed E-state index contributed by atoms with van der Waals surface area (Å²) in [7, 11) is -3.75. The maximum atomic E-state index is 15.1. The normalized spacial score (nSPS) is 14.0. The highest BCUT2D eigenvalue weighted by Crippen LogP contribution is 2.32. The van der Waals surface area contributed by atoms with Crippen LogP contribution in [0.1, 0.15) is 29.5 Å². The fraction of sp³-hybridized carbons (Fsp3) is 0.200. The SMILES string of the molecule is Cc1c(Cc2cccc(N=NS(=O)(=O)C3CC3)c2F)c(=O)oc2cc(Oc3ncccc3F)ccc12. The van der Waals surface area contributed by atoms with Gasteiger partial charge in [-0.2, -0.15) is 0 Å². The topological polar surface area (TPSA) is 111 Å². The Labute approximate surface area is 204 Å². The number of aromatic nitrogens is 1. The molecule has 36 heavy (non-hydrogen) atoms. The molecule has 4 aromatic rings. The Kier molecular flexibility index (Phi) is 6.09. The molecule has 0 spiro atoms. The Balaban J connectivity index is 1.45. The summed E-state index contributed by atoms with van der Waals surface area (Å²) >= 11 is 0. The van der Waals surface area contributed by atoms with Crippen LogP contribution in [-0.2, 0) is 16.4 Å². The van der Waals surface area contributed by atoms with E-state index in [9.17, 15) is 17.6 Å². The first-order valence-electron chi connectivity index (χ1n) is 11.0. The molecule has 0 radical (unpaired) electrons. The van der Waals surface area contributed by atoms with E-state index in [0.717, 1.165) is 0 Å². The monoisotopic (exact) mass is 511 g/mol. The van der Waals surface area contributed by atoms with Crippen molar-refractivity contribution in [3.8, 4) is 11.6 Å². The number of aryl methyl sites for hydroxylation is 1. The number of hydrogen-bond donors (Lipinski definition) is 0. The summed E-state index contributed by atoms with van der Waals surface area (Å²) in [5, 5.41) is 3.64. The molecule has 0 bridgehead atoms. The zero-order valence-electron chi connectivity index (χ0n) is 18.9. The molecule has 0 atom stereocenters. The van der Waals surface area contributed by atoms with Gasteiger partial charge in [0.15, 0.2) is 11.6 Å². The van der Waals surface area contributed by atoms with E-state index in [0.29, 0.717) is 23.8 Å². The van der Waals surface area contributed by atoms with Gasteiger partial charge in [-0.05, 0) is 61.2 Å². The van der Waals surface area contributed by atoms with Gasteiger partial charge in [-0.15, -0.1) is 5.11 Å². The van der Waals surface area contributed by atoms with Crippen molar-refractivity contribution < 1.29 is 26.4 Å². The number of ether oxygens (including phenoxy) is 1. The lowest BCUT2D eigenvalue weighted by molar-refractivity contribution is 0.422. The maximum absolute atomic E-state index is 15.1. The molecule has 0 unspecified atom stereocenters. The average Bonchev–Trinajstić information content (AvgIpc) is 3.70. The lowest BCUT2D eigenvalue weighted by Crippen LogP contribution is -2.11. The van der Waals surface area contributed by atoms with Crippen LogP contribution in [0.5, 0.6) is 11.6 Å². The van der Waals surface area contributed by atoms with Gasteiger partial charge in [0.2, 0.25) is 0 Å². The molecule has 2 aromatic heterocycles. The molecule has 1 fully saturated rings. The van der Waals surface area contributed by atoms with Crippen LogP contribution in [0.15, 0.2) is 73.6 Å². The number of pyridine rings is 1. The number of hydrogen-bond acceptors (Lipinski definition) is 7. The highest BCUT2D eigenvalue weighted by atomic mass is 32.2. The molecule has 0 aliphatic heterocycles. The van der Waals surface area contributed by atoms with Crippen LogP contribution < -0.4 is 10.4 Å². The fourth-order valence-electron chi connectivity index (χ4n) is 3.70. The van der Waals surface area contributed by atoms with Crippen molar-refractivity contribution in [2.75, 3.05) is 0 Å². The molecular formula is C25H19F2N3O5S. The molecule has 0 N–H and O–H groups in total. The fourth-order valence-corrected chi connectivity index (χ4v) is 4.77. The van der Waals surface area contributed by atoms with E-state index in [2.05, 4.69) is 14.6 Å². The highest BCUT2D eigenvalue weighted by Gasteiger charge is 2.36. The van der Waals surface area contributed by atoms with Crippen molar-refractivity contribution in [1.82, 2.24) is 4.98 Å². The van der Waals surface area contributed by atoms with E-state index in [1.807, 2.05) is 0 Å². The number of halogens is 2. The molecule has 0 amide bonds. The van der Waals surface area contributed by atoms with Crippen LogP contribution in [-0.4, -0.2) is 18.7 Å². The minimum absolute atomic E-state index is 0.105. The molecule has 0 saturated heterocycles. The second-order valence-corrected chi connectivity index (χ2v) is 10.2. The van der Waals surface area contributed by atoms with Crippen LogP contribution in [0.25, 0.3) is 11.0 Å². The van der Waals surface area contributed by atoms with E-state index < -0.39 is 32.5 Å². The molecule has 8 nitrogen and oxygen atoms in total.